The number of nitrogens with zero attached hydrogens (tertiary/aromatic N) is 1. The number of hydrogen-bond acceptors (Lipinski definition) is 5. The van der Waals surface area contributed by atoms with Gasteiger partial charge in [-0.1, -0.05) is 0 Å². The van der Waals surface area contributed by atoms with Gasteiger partial charge in [-0.3, -0.25) is 0 Å². The first kappa shape index (κ1) is 14.1. The Morgan fingerprint density at radius 3 is 2.50 bits per heavy atom. The van der Waals surface area contributed by atoms with E-state index in [1.807, 2.05) is 0 Å². The fourth-order valence-electron chi connectivity index (χ4n) is 2.11. The van der Waals surface area contributed by atoms with E-state index in [0.717, 1.165) is 0 Å². The third-order valence-electron chi connectivity index (χ3n) is 2.97. The van der Waals surface area contributed by atoms with Crippen molar-refractivity contribution in [3.63, 3.8) is 0 Å². The van der Waals surface area contributed by atoms with E-state index in [2.05, 4.69) is 10.3 Å². The minimum absolute atomic E-state index is 0.149. The van der Waals surface area contributed by atoms with Gasteiger partial charge in [-0.2, -0.15) is 0 Å². The topological polar surface area (TPSA) is 80.7 Å². The number of nitrogens with one attached hydrogen (secondary N) is 1. The van der Waals surface area contributed by atoms with Crippen molar-refractivity contribution in [2.45, 2.75) is 6.54 Å². The third-order valence-corrected chi connectivity index (χ3v) is 2.97. The van der Waals surface area contributed by atoms with Crippen LogP contribution in [0.15, 0.2) is 18.2 Å². The summed E-state index contributed by atoms with van der Waals surface area (Å²) in [5.41, 5.74) is 1.26. The summed E-state index contributed by atoms with van der Waals surface area (Å²) in [6, 6.07) is 4.93. The van der Waals surface area contributed by atoms with E-state index in [9.17, 15) is 9.90 Å². The molecule has 0 saturated carbocycles. The number of pyridine rings is 1. The summed E-state index contributed by atoms with van der Waals surface area (Å²) in [5, 5.41) is 12.8. The fraction of sp³-hybridized carbons (Fsp3) is 0.286. The van der Waals surface area contributed by atoms with Crippen molar-refractivity contribution in [2.75, 3.05) is 21.3 Å². The van der Waals surface area contributed by atoms with Crippen LogP contribution in [0, 0.1) is 0 Å². The van der Waals surface area contributed by atoms with Crippen LogP contribution in [0.3, 0.4) is 0 Å². The Hall–Kier alpha value is -2.34. The van der Waals surface area contributed by atoms with E-state index in [-0.39, 0.29) is 5.56 Å². The van der Waals surface area contributed by atoms with Crippen molar-refractivity contribution in [1.82, 2.24) is 10.3 Å². The zero-order valence-electron chi connectivity index (χ0n) is 11.6. The number of fused-ring (bicyclic) bond motifs is 1. The molecule has 0 aliphatic rings. The zero-order valence-corrected chi connectivity index (χ0v) is 11.6. The van der Waals surface area contributed by atoms with Crippen LogP contribution >= 0.6 is 0 Å². The highest BCUT2D eigenvalue weighted by Crippen LogP contribution is 2.34. The number of carboxylic acids is 1. The molecule has 2 rings (SSSR count). The summed E-state index contributed by atoms with van der Waals surface area (Å²) in [7, 11) is 4.79. The van der Waals surface area contributed by atoms with Gasteiger partial charge < -0.3 is 19.9 Å². The Labute approximate surface area is 116 Å². The highest BCUT2D eigenvalue weighted by atomic mass is 16.5. The second kappa shape index (κ2) is 5.75. The summed E-state index contributed by atoms with van der Waals surface area (Å²) in [5.74, 6) is -0.0516. The molecule has 2 N–H and O–H groups in total. The smallest absolute Gasteiger partial charge is 0.336 e. The number of methoxy groups -OCH3 is 2. The van der Waals surface area contributed by atoms with Crippen molar-refractivity contribution in [1.29, 1.82) is 0 Å². The predicted octanol–water partition coefficient (Wildman–Crippen LogP) is 1.67. The van der Waals surface area contributed by atoms with Crippen LogP contribution in [-0.2, 0) is 6.54 Å². The van der Waals surface area contributed by atoms with Gasteiger partial charge in [-0.25, -0.2) is 9.78 Å². The molecule has 1 aromatic heterocycles. The standard InChI is InChI=1S/C14H16N2O4/c1-15-7-8-6-9(14(17)18)12-10(19-2)4-5-11(20-3)13(12)16-8/h4-6,15H,7H2,1-3H3,(H,17,18). The fourth-order valence-corrected chi connectivity index (χ4v) is 2.11. The van der Waals surface area contributed by atoms with Crippen molar-refractivity contribution >= 4 is 16.9 Å². The Bertz CT molecular complexity index is 655. The average Bonchev–Trinajstić information content (AvgIpc) is 2.45. The molecule has 0 aliphatic heterocycles. The quantitative estimate of drug-likeness (QED) is 0.864. The normalized spacial score (nSPS) is 10.6. The van der Waals surface area contributed by atoms with Gasteiger partial charge in [0.1, 0.15) is 17.0 Å². The Morgan fingerprint density at radius 2 is 1.95 bits per heavy atom. The van der Waals surface area contributed by atoms with Crippen LogP contribution in [0.4, 0.5) is 0 Å². The lowest BCUT2D eigenvalue weighted by Gasteiger charge is -2.13. The molecule has 0 saturated heterocycles. The first-order chi connectivity index (χ1) is 9.62. The van der Waals surface area contributed by atoms with Gasteiger partial charge in [0.15, 0.2) is 0 Å². The number of aromatic nitrogens is 1. The van der Waals surface area contributed by atoms with Gasteiger partial charge in [-0.15, -0.1) is 0 Å². The van der Waals surface area contributed by atoms with Crippen molar-refractivity contribution in [3.05, 3.63) is 29.5 Å². The van der Waals surface area contributed by atoms with Crippen molar-refractivity contribution in [2.24, 2.45) is 0 Å². The van der Waals surface area contributed by atoms with Crippen LogP contribution in [0.5, 0.6) is 11.5 Å². The molecule has 0 unspecified atom stereocenters. The molecule has 0 radical (unpaired) electrons. The first-order valence-electron chi connectivity index (χ1n) is 6.04. The Balaban J connectivity index is 2.86. The summed E-state index contributed by atoms with van der Waals surface area (Å²) in [6.45, 7) is 0.469. The molecule has 2 aromatic rings. The number of carbonyl (C=O) groups is 1. The molecule has 0 atom stereocenters. The molecule has 0 fully saturated rings. The van der Waals surface area contributed by atoms with Gasteiger partial charge in [0.2, 0.25) is 0 Å². The maximum atomic E-state index is 11.5. The highest BCUT2D eigenvalue weighted by Gasteiger charge is 2.18. The lowest BCUT2D eigenvalue weighted by molar-refractivity contribution is 0.0698. The predicted molar refractivity (Wildman–Crippen MR) is 74.6 cm³/mol. The molecule has 1 heterocycles. The van der Waals surface area contributed by atoms with Gasteiger partial charge in [0.25, 0.3) is 0 Å². The van der Waals surface area contributed by atoms with Gasteiger partial charge in [0.05, 0.1) is 30.9 Å². The van der Waals surface area contributed by atoms with E-state index >= 15 is 0 Å². The lowest BCUT2D eigenvalue weighted by Crippen LogP contribution is -2.10. The molecule has 0 aliphatic carbocycles. The van der Waals surface area contributed by atoms with Crippen LogP contribution < -0.4 is 14.8 Å². The third kappa shape index (κ3) is 2.37. The van der Waals surface area contributed by atoms with Gasteiger partial charge >= 0.3 is 5.97 Å². The molecule has 6 heteroatoms. The van der Waals surface area contributed by atoms with E-state index in [1.165, 1.54) is 14.2 Å². The van der Waals surface area contributed by atoms with Crippen LogP contribution in [0.1, 0.15) is 16.1 Å². The minimum Gasteiger partial charge on any atom is -0.496 e. The molecule has 0 bridgehead atoms. The van der Waals surface area contributed by atoms with Crippen molar-refractivity contribution in [3.8, 4) is 11.5 Å². The summed E-state index contributed by atoms with van der Waals surface area (Å²) in [6.07, 6.45) is 0. The van der Waals surface area contributed by atoms with Crippen LogP contribution in [-0.4, -0.2) is 37.3 Å². The van der Waals surface area contributed by atoms with E-state index in [1.54, 1.807) is 25.2 Å². The minimum atomic E-state index is -1.03. The molecule has 1 aromatic carbocycles. The lowest BCUT2D eigenvalue weighted by atomic mass is 10.1. The second-order valence-electron chi connectivity index (χ2n) is 4.19. The maximum absolute atomic E-state index is 11.5. The maximum Gasteiger partial charge on any atom is 0.336 e. The highest BCUT2D eigenvalue weighted by molar-refractivity contribution is 6.07. The molecule has 106 valence electrons. The summed E-state index contributed by atoms with van der Waals surface area (Å²) in [4.78, 5) is 16.0. The number of ether oxygens (including phenoxy) is 2. The number of benzene rings is 1. The first-order valence-corrected chi connectivity index (χ1v) is 6.04. The van der Waals surface area contributed by atoms with Crippen LogP contribution in [0.25, 0.3) is 10.9 Å². The number of carboxylic acid groups (broad SMARTS) is 1. The molecule has 6 nitrogen and oxygen atoms in total. The number of hydrogen-bond donors (Lipinski definition) is 2. The summed E-state index contributed by atoms with van der Waals surface area (Å²) >= 11 is 0. The Kier molecular flexibility index (Phi) is 4.05. The van der Waals surface area contributed by atoms with E-state index in [4.69, 9.17) is 9.47 Å². The Morgan fingerprint density at radius 1 is 1.30 bits per heavy atom. The molecule has 0 amide bonds. The second-order valence-corrected chi connectivity index (χ2v) is 4.19. The van der Waals surface area contributed by atoms with E-state index in [0.29, 0.717) is 34.6 Å². The van der Waals surface area contributed by atoms with E-state index < -0.39 is 5.97 Å². The van der Waals surface area contributed by atoms with Gasteiger partial charge in [0, 0.05) is 6.54 Å². The largest absolute Gasteiger partial charge is 0.496 e. The summed E-state index contributed by atoms with van der Waals surface area (Å²) < 4.78 is 10.5. The van der Waals surface area contributed by atoms with Crippen LogP contribution in [0.2, 0.25) is 0 Å². The zero-order chi connectivity index (χ0) is 14.7. The molecule has 20 heavy (non-hydrogen) atoms. The average molecular weight is 276 g/mol. The number of rotatable bonds is 5. The molecular formula is C14H16N2O4. The van der Waals surface area contributed by atoms with Crippen molar-refractivity contribution < 1.29 is 19.4 Å². The molecular weight excluding hydrogens is 260 g/mol. The number of aromatic carboxylic acids is 1. The SMILES string of the molecule is CNCc1cc(C(=O)O)c2c(OC)ccc(OC)c2n1. The monoisotopic (exact) mass is 276 g/mol. The van der Waals surface area contributed by atoms with Gasteiger partial charge in [-0.05, 0) is 25.2 Å². The molecule has 0 spiro atoms.